The number of nitrogens with one attached hydrogen (secondary N) is 1. The van der Waals surface area contributed by atoms with Crippen molar-refractivity contribution >= 4 is 0 Å². The molecule has 1 N–H and O–H groups in total. The average molecular weight is 281 g/mol. The molecule has 5 nitrogen and oxygen atoms in total. The maximum Gasteiger partial charge on any atom is 0.0843 e. The molecule has 0 amide bonds. The molecule has 20 heavy (non-hydrogen) atoms. The van der Waals surface area contributed by atoms with E-state index in [1.807, 2.05) is 13.2 Å². The molecule has 1 rings (SSSR count). The van der Waals surface area contributed by atoms with E-state index < -0.39 is 0 Å². The van der Waals surface area contributed by atoms with Crippen molar-refractivity contribution in [3.63, 3.8) is 0 Å². The molecule has 0 radical (unpaired) electrons. The first-order valence-electron chi connectivity index (χ1n) is 7.85. The van der Waals surface area contributed by atoms with Crippen molar-refractivity contribution in [3.05, 3.63) is 11.9 Å². The van der Waals surface area contributed by atoms with Gasteiger partial charge in [-0.1, -0.05) is 32.9 Å². The lowest BCUT2D eigenvalue weighted by Crippen LogP contribution is -2.60. The summed E-state index contributed by atoms with van der Waals surface area (Å²) in [5.41, 5.74) is 1.20. The number of hydrogen-bond acceptors (Lipinski definition) is 4. The van der Waals surface area contributed by atoms with E-state index in [-0.39, 0.29) is 5.54 Å². The van der Waals surface area contributed by atoms with Crippen LogP contribution < -0.4 is 5.32 Å². The van der Waals surface area contributed by atoms with Gasteiger partial charge in [-0.05, 0) is 33.0 Å². The van der Waals surface area contributed by atoms with E-state index in [2.05, 4.69) is 55.1 Å². The first-order valence-corrected chi connectivity index (χ1v) is 7.85. The summed E-state index contributed by atoms with van der Waals surface area (Å²) in [6.45, 7) is 14.4. The minimum absolute atomic E-state index is 0.136. The number of hydrogen-bond donors (Lipinski definition) is 1. The molecule has 0 aliphatic heterocycles. The molecule has 0 aromatic carbocycles. The van der Waals surface area contributed by atoms with Gasteiger partial charge in [0.2, 0.25) is 0 Å². The summed E-state index contributed by atoms with van der Waals surface area (Å²) in [5, 5.41) is 12.0. The third kappa shape index (κ3) is 3.79. The van der Waals surface area contributed by atoms with Crippen LogP contribution in [0.15, 0.2) is 6.20 Å². The highest BCUT2D eigenvalue weighted by molar-refractivity contribution is 5.04. The Morgan fingerprint density at radius 1 is 1.30 bits per heavy atom. The SMILES string of the molecule is CCNC(Cc1cn(C)nn1)C(C)(CC)N(CC)CC. The minimum atomic E-state index is 0.136. The Morgan fingerprint density at radius 3 is 2.35 bits per heavy atom. The molecule has 0 saturated carbocycles. The Kier molecular flexibility index (Phi) is 6.62. The first-order chi connectivity index (χ1) is 9.51. The highest BCUT2D eigenvalue weighted by Gasteiger charge is 2.36. The lowest BCUT2D eigenvalue weighted by molar-refractivity contribution is 0.0703. The average Bonchev–Trinajstić information content (AvgIpc) is 2.84. The Balaban J connectivity index is 2.96. The van der Waals surface area contributed by atoms with Crippen LogP contribution in [-0.4, -0.2) is 51.1 Å². The van der Waals surface area contributed by atoms with E-state index in [1.54, 1.807) is 4.68 Å². The van der Waals surface area contributed by atoms with Crippen LogP contribution in [0.25, 0.3) is 0 Å². The van der Waals surface area contributed by atoms with Crippen LogP contribution in [0, 0.1) is 0 Å². The zero-order valence-electron chi connectivity index (χ0n) is 14.0. The standard InChI is InChI=1S/C15H31N5/c1-7-15(5,20(9-3)10-4)14(16-8-2)11-13-12-19(6)18-17-13/h12,14,16H,7-11H2,1-6H3. The summed E-state index contributed by atoms with van der Waals surface area (Å²) in [4.78, 5) is 2.55. The Labute approximate surface area is 123 Å². The zero-order valence-corrected chi connectivity index (χ0v) is 14.0. The van der Waals surface area contributed by atoms with Gasteiger partial charge in [0, 0.05) is 31.2 Å². The van der Waals surface area contributed by atoms with Crippen LogP contribution in [-0.2, 0) is 13.5 Å². The Bertz CT molecular complexity index is 385. The van der Waals surface area contributed by atoms with Gasteiger partial charge in [-0.25, -0.2) is 0 Å². The summed E-state index contributed by atoms with van der Waals surface area (Å²) < 4.78 is 1.78. The Morgan fingerprint density at radius 2 is 1.95 bits per heavy atom. The molecule has 2 atom stereocenters. The molecule has 0 spiro atoms. The fourth-order valence-electron chi connectivity index (χ4n) is 3.09. The molecule has 0 aliphatic carbocycles. The second-order valence-electron chi connectivity index (χ2n) is 5.58. The number of aryl methyl sites for hydroxylation is 1. The third-order valence-corrected chi connectivity index (χ3v) is 4.47. The summed E-state index contributed by atoms with van der Waals surface area (Å²) in [7, 11) is 1.92. The van der Waals surface area contributed by atoms with Crippen LogP contribution in [0.4, 0.5) is 0 Å². The molecule has 2 unspecified atom stereocenters. The van der Waals surface area contributed by atoms with Crippen LogP contribution in [0.3, 0.4) is 0 Å². The predicted octanol–water partition coefficient (Wildman–Crippen LogP) is 1.85. The highest BCUT2D eigenvalue weighted by atomic mass is 15.4. The van der Waals surface area contributed by atoms with Crippen molar-refractivity contribution in [2.24, 2.45) is 7.05 Å². The minimum Gasteiger partial charge on any atom is -0.312 e. The fraction of sp³-hybridized carbons (Fsp3) is 0.867. The number of aromatic nitrogens is 3. The van der Waals surface area contributed by atoms with E-state index in [9.17, 15) is 0 Å². The van der Waals surface area contributed by atoms with E-state index in [0.717, 1.165) is 38.2 Å². The van der Waals surface area contributed by atoms with E-state index in [4.69, 9.17) is 0 Å². The van der Waals surface area contributed by atoms with Crippen molar-refractivity contribution in [3.8, 4) is 0 Å². The van der Waals surface area contributed by atoms with Gasteiger partial charge in [0.25, 0.3) is 0 Å². The molecular weight excluding hydrogens is 250 g/mol. The quantitative estimate of drug-likeness (QED) is 0.750. The molecule has 1 heterocycles. The maximum atomic E-state index is 4.25. The molecule has 116 valence electrons. The predicted molar refractivity (Wildman–Crippen MR) is 83.8 cm³/mol. The summed E-state index contributed by atoms with van der Waals surface area (Å²) >= 11 is 0. The van der Waals surface area contributed by atoms with Gasteiger partial charge in [-0.3, -0.25) is 9.58 Å². The van der Waals surface area contributed by atoms with E-state index in [0.29, 0.717) is 6.04 Å². The van der Waals surface area contributed by atoms with Crippen molar-refractivity contribution in [1.82, 2.24) is 25.2 Å². The number of nitrogens with zero attached hydrogens (tertiary/aromatic N) is 4. The monoisotopic (exact) mass is 281 g/mol. The van der Waals surface area contributed by atoms with Gasteiger partial charge in [-0.2, -0.15) is 0 Å². The van der Waals surface area contributed by atoms with Crippen molar-refractivity contribution in [1.29, 1.82) is 0 Å². The smallest absolute Gasteiger partial charge is 0.0843 e. The normalized spacial score (nSPS) is 16.4. The molecule has 0 saturated heterocycles. The van der Waals surface area contributed by atoms with E-state index >= 15 is 0 Å². The largest absolute Gasteiger partial charge is 0.312 e. The third-order valence-electron chi connectivity index (χ3n) is 4.47. The molecule has 1 aromatic rings. The maximum absolute atomic E-state index is 4.25. The van der Waals surface area contributed by atoms with Crippen molar-refractivity contribution in [2.45, 2.75) is 59.0 Å². The Hall–Kier alpha value is -0.940. The lowest BCUT2D eigenvalue weighted by atomic mass is 9.84. The summed E-state index contributed by atoms with van der Waals surface area (Å²) in [6.07, 6.45) is 4.05. The molecule has 0 aliphatic rings. The van der Waals surface area contributed by atoms with Crippen molar-refractivity contribution < 1.29 is 0 Å². The van der Waals surface area contributed by atoms with Crippen LogP contribution in [0.5, 0.6) is 0 Å². The van der Waals surface area contributed by atoms with Crippen molar-refractivity contribution in [2.75, 3.05) is 19.6 Å². The van der Waals surface area contributed by atoms with Gasteiger partial charge in [-0.15, -0.1) is 5.10 Å². The second kappa shape index (κ2) is 7.74. The second-order valence-corrected chi connectivity index (χ2v) is 5.58. The molecule has 0 fully saturated rings. The summed E-state index contributed by atoms with van der Waals surface area (Å²) in [6, 6.07) is 0.383. The van der Waals surface area contributed by atoms with Gasteiger partial charge >= 0.3 is 0 Å². The van der Waals surface area contributed by atoms with Gasteiger partial charge in [0.15, 0.2) is 0 Å². The van der Waals surface area contributed by atoms with Crippen LogP contribution in [0.1, 0.15) is 46.7 Å². The van der Waals surface area contributed by atoms with Gasteiger partial charge in [0.1, 0.15) is 0 Å². The topological polar surface area (TPSA) is 46.0 Å². The van der Waals surface area contributed by atoms with Crippen LogP contribution >= 0.6 is 0 Å². The van der Waals surface area contributed by atoms with E-state index in [1.165, 1.54) is 0 Å². The number of likely N-dealkylation sites (N-methyl/N-ethyl adjacent to an activating group) is 2. The number of rotatable bonds is 9. The summed E-state index contributed by atoms with van der Waals surface area (Å²) in [5.74, 6) is 0. The van der Waals surface area contributed by atoms with Crippen LogP contribution in [0.2, 0.25) is 0 Å². The van der Waals surface area contributed by atoms with Gasteiger partial charge < -0.3 is 5.32 Å². The zero-order chi connectivity index (χ0) is 15.2. The lowest BCUT2D eigenvalue weighted by Gasteiger charge is -2.46. The molecule has 1 aromatic heterocycles. The molecular formula is C15H31N5. The highest BCUT2D eigenvalue weighted by Crippen LogP contribution is 2.25. The van der Waals surface area contributed by atoms with Gasteiger partial charge in [0.05, 0.1) is 5.69 Å². The first kappa shape index (κ1) is 17.1. The fourth-order valence-corrected chi connectivity index (χ4v) is 3.09. The molecule has 0 bridgehead atoms. The molecule has 5 heteroatoms.